The minimum atomic E-state index is -4.30. The lowest BCUT2D eigenvalue weighted by molar-refractivity contribution is -0.0695. The molecule has 0 atom stereocenters. The zero-order chi connectivity index (χ0) is 13.1. The fourth-order valence-electron chi connectivity index (χ4n) is 1.84. The van der Waals surface area contributed by atoms with Gasteiger partial charge in [0, 0.05) is 6.20 Å². The predicted molar refractivity (Wildman–Crippen MR) is 62.7 cm³/mol. The zero-order valence-electron chi connectivity index (χ0n) is 10.2. The van der Waals surface area contributed by atoms with E-state index < -0.39 is 11.7 Å². The van der Waals surface area contributed by atoms with E-state index in [0.29, 0.717) is 12.8 Å². The maximum atomic E-state index is 12.6. The molecule has 1 heterocycles. The number of halogens is 3. The smallest absolute Gasteiger partial charge is 0.256 e. The number of hydrogen-bond donors (Lipinski definition) is 0. The number of nitrogens with zero attached hydrogens (tertiary/aromatic N) is 1. The number of fused-ring (bicyclic) bond motifs is 1. The van der Waals surface area contributed by atoms with Crippen LogP contribution in [0, 0.1) is 6.92 Å². The number of aromatic nitrogens is 1. The van der Waals surface area contributed by atoms with Crippen LogP contribution in [0.1, 0.15) is 37.1 Å². The van der Waals surface area contributed by atoms with E-state index >= 15 is 0 Å². The van der Waals surface area contributed by atoms with Crippen molar-refractivity contribution in [2.45, 2.75) is 39.8 Å². The van der Waals surface area contributed by atoms with Crippen molar-refractivity contribution in [1.82, 2.24) is 4.98 Å². The minimum Gasteiger partial charge on any atom is -0.256 e. The maximum Gasteiger partial charge on any atom is 0.418 e. The Morgan fingerprint density at radius 1 is 1.24 bits per heavy atom. The Balaban J connectivity index is 0.000000686. The molecule has 1 aromatic rings. The van der Waals surface area contributed by atoms with Crippen molar-refractivity contribution in [3.05, 3.63) is 35.2 Å². The molecule has 1 aromatic heterocycles. The second-order valence-corrected chi connectivity index (χ2v) is 3.61. The molecule has 1 aliphatic rings. The van der Waals surface area contributed by atoms with Crippen LogP contribution in [-0.2, 0) is 6.42 Å². The lowest BCUT2D eigenvalue weighted by Crippen LogP contribution is -2.17. The summed E-state index contributed by atoms with van der Waals surface area (Å²) >= 11 is 0. The van der Waals surface area contributed by atoms with Gasteiger partial charge in [0.05, 0.1) is 11.3 Å². The molecule has 17 heavy (non-hydrogen) atoms. The van der Waals surface area contributed by atoms with E-state index in [4.69, 9.17) is 0 Å². The molecule has 0 aliphatic heterocycles. The molecule has 0 spiro atoms. The van der Waals surface area contributed by atoms with Crippen molar-refractivity contribution >= 4 is 5.57 Å². The largest absolute Gasteiger partial charge is 0.418 e. The Labute approximate surface area is 99.4 Å². The molecular formula is C13H16F3N. The zero-order valence-corrected chi connectivity index (χ0v) is 10.2. The van der Waals surface area contributed by atoms with Crippen LogP contribution in [0.5, 0.6) is 0 Å². The monoisotopic (exact) mass is 243 g/mol. The van der Waals surface area contributed by atoms with E-state index in [0.717, 1.165) is 11.1 Å². The van der Waals surface area contributed by atoms with E-state index in [2.05, 4.69) is 4.98 Å². The highest BCUT2D eigenvalue weighted by atomic mass is 19.4. The van der Waals surface area contributed by atoms with Crippen LogP contribution in [0.4, 0.5) is 13.2 Å². The SMILES string of the molecule is CC.Cc1ccnc2c1CCC=C2C(F)(F)F. The Kier molecular flexibility index (Phi) is 4.32. The third-order valence-electron chi connectivity index (χ3n) is 2.59. The molecule has 0 aromatic carbocycles. The van der Waals surface area contributed by atoms with Crippen LogP contribution < -0.4 is 0 Å². The second kappa shape index (κ2) is 5.34. The molecule has 0 unspecified atom stereocenters. The molecule has 0 fully saturated rings. The lowest BCUT2D eigenvalue weighted by Gasteiger charge is -2.20. The third kappa shape index (κ3) is 2.87. The Morgan fingerprint density at radius 3 is 2.47 bits per heavy atom. The molecule has 0 amide bonds. The summed E-state index contributed by atoms with van der Waals surface area (Å²) in [5, 5.41) is 0. The topological polar surface area (TPSA) is 12.9 Å². The molecule has 4 heteroatoms. The number of hydrogen-bond acceptors (Lipinski definition) is 1. The van der Waals surface area contributed by atoms with Crippen molar-refractivity contribution in [2.75, 3.05) is 0 Å². The Hall–Kier alpha value is -1.32. The summed E-state index contributed by atoms with van der Waals surface area (Å²) in [6.07, 6.45) is -0.549. The first-order valence-corrected chi connectivity index (χ1v) is 5.72. The van der Waals surface area contributed by atoms with Crippen molar-refractivity contribution in [3.63, 3.8) is 0 Å². The van der Waals surface area contributed by atoms with Gasteiger partial charge in [-0.25, -0.2) is 0 Å². The summed E-state index contributed by atoms with van der Waals surface area (Å²) in [7, 11) is 0. The van der Waals surface area contributed by atoms with Gasteiger partial charge in [-0.1, -0.05) is 19.9 Å². The van der Waals surface area contributed by atoms with E-state index in [1.807, 2.05) is 20.8 Å². The minimum absolute atomic E-state index is 0.105. The first-order chi connectivity index (χ1) is 8.00. The molecule has 0 saturated heterocycles. The maximum absolute atomic E-state index is 12.6. The quantitative estimate of drug-likeness (QED) is 0.661. The average molecular weight is 243 g/mol. The van der Waals surface area contributed by atoms with Gasteiger partial charge in [-0.2, -0.15) is 13.2 Å². The summed E-state index contributed by atoms with van der Waals surface area (Å²) in [5.41, 5.74) is 1.13. The fourth-order valence-corrected chi connectivity index (χ4v) is 1.84. The Bertz CT molecular complexity index is 419. The van der Waals surface area contributed by atoms with Crippen LogP contribution in [0.25, 0.3) is 5.57 Å². The lowest BCUT2D eigenvalue weighted by atomic mass is 9.92. The molecule has 1 nitrogen and oxygen atoms in total. The van der Waals surface area contributed by atoms with Gasteiger partial charge in [0.1, 0.15) is 0 Å². The molecule has 1 aliphatic carbocycles. The van der Waals surface area contributed by atoms with Gasteiger partial charge in [-0.3, -0.25) is 4.98 Å². The first-order valence-electron chi connectivity index (χ1n) is 5.72. The number of pyridine rings is 1. The third-order valence-corrected chi connectivity index (χ3v) is 2.59. The number of alkyl halides is 3. The Morgan fingerprint density at radius 2 is 1.88 bits per heavy atom. The highest BCUT2D eigenvalue weighted by Crippen LogP contribution is 2.38. The second-order valence-electron chi connectivity index (χ2n) is 3.61. The molecule has 0 bridgehead atoms. The normalized spacial score (nSPS) is 14.4. The molecule has 0 saturated carbocycles. The van der Waals surface area contributed by atoms with Gasteiger partial charge in [0.15, 0.2) is 0 Å². The van der Waals surface area contributed by atoms with Gasteiger partial charge in [-0.15, -0.1) is 0 Å². The van der Waals surface area contributed by atoms with Crippen molar-refractivity contribution < 1.29 is 13.2 Å². The van der Waals surface area contributed by atoms with Crippen LogP contribution in [-0.4, -0.2) is 11.2 Å². The summed E-state index contributed by atoms with van der Waals surface area (Å²) in [5.74, 6) is 0. The molecular weight excluding hydrogens is 227 g/mol. The van der Waals surface area contributed by atoms with E-state index in [1.165, 1.54) is 12.3 Å². The first kappa shape index (κ1) is 13.7. The van der Waals surface area contributed by atoms with E-state index in [-0.39, 0.29) is 5.69 Å². The standard InChI is InChI=1S/C11H10F3N.C2H6/c1-7-5-6-15-10-8(7)3-2-4-9(10)11(12,13)14;1-2/h4-6H,2-3H2,1H3;1-2H3. The fraction of sp³-hybridized carbons (Fsp3) is 0.462. The van der Waals surface area contributed by atoms with Gasteiger partial charge in [-0.05, 0) is 37.0 Å². The molecule has 0 radical (unpaired) electrons. The van der Waals surface area contributed by atoms with Gasteiger partial charge in [0.25, 0.3) is 0 Å². The van der Waals surface area contributed by atoms with Gasteiger partial charge in [0.2, 0.25) is 0 Å². The van der Waals surface area contributed by atoms with Crippen molar-refractivity contribution in [3.8, 4) is 0 Å². The number of rotatable bonds is 0. The van der Waals surface area contributed by atoms with E-state index in [1.54, 1.807) is 6.07 Å². The molecule has 94 valence electrons. The highest BCUT2D eigenvalue weighted by Gasteiger charge is 2.37. The van der Waals surface area contributed by atoms with Gasteiger partial charge < -0.3 is 0 Å². The average Bonchev–Trinajstić information content (AvgIpc) is 2.30. The van der Waals surface area contributed by atoms with Crippen LogP contribution in [0.15, 0.2) is 18.3 Å². The van der Waals surface area contributed by atoms with Crippen LogP contribution in [0.2, 0.25) is 0 Å². The number of aryl methyl sites for hydroxylation is 1. The summed E-state index contributed by atoms with van der Waals surface area (Å²) < 4.78 is 37.9. The summed E-state index contributed by atoms with van der Waals surface area (Å²) in [6, 6.07) is 1.75. The van der Waals surface area contributed by atoms with Crippen LogP contribution >= 0.6 is 0 Å². The highest BCUT2D eigenvalue weighted by molar-refractivity contribution is 5.71. The molecule has 2 rings (SSSR count). The van der Waals surface area contributed by atoms with Crippen molar-refractivity contribution in [2.24, 2.45) is 0 Å². The predicted octanol–water partition coefficient (Wildman–Crippen LogP) is 4.31. The van der Waals surface area contributed by atoms with Gasteiger partial charge >= 0.3 is 6.18 Å². The summed E-state index contributed by atoms with van der Waals surface area (Å²) in [6.45, 7) is 5.82. The van der Waals surface area contributed by atoms with Crippen molar-refractivity contribution in [1.29, 1.82) is 0 Å². The van der Waals surface area contributed by atoms with Crippen LogP contribution in [0.3, 0.4) is 0 Å². The van der Waals surface area contributed by atoms with E-state index in [9.17, 15) is 13.2 Å². The number of allylic oxidation sites excluding steroid dienone is 2. The molecule has 0 N–H and O–H groups in total. The summed E-state index contributed by atoms with van der Waals surface area (Å²) in [4.78, 5) is 3.84.